The molecule has 0 heterocycles. The van der Waals surface area contributed by atoms with E-state index in [0.717, 1.165) is 23.8 Å². The summed E-state index contributed by atoms with van der Waals surface area (Å²) in [6.07, 6.45) is 17.3. The van der Waals surface area contributed by atoms with Gasteiger partial charge in [0.25, 0.3) is 6.47 Å². The number of ketones is 1. The van der Waals surface area contributed by atoms with E-state index in [1.165, 1.54) is 85.0 Å². The molecule has 0 aromatic heterocycles. The smallest absolute Gasteiger partial charge is 1.00 e. The summed E-state index contributed by atoms with van der Waals surface area (Å²) in [5.41, 5.74) is 1.30. The number of hydrogen-bond acceptors (Lipinski definition) is 8. The predicted octanol–water partition coefficient (Wildman–Crippen LogP) is 6.24. The molecule has 2 fully saturated rings. The summed E-state index contributed by atoms with van der Waals surface area (Å²) in [6.45, 7) is 38.1. The van der Waals surface area contributed by atoms with Crippen molar-refractivity contribution in [3.05, 3.63) is 33.9 Å². The Morgan fingerprint density at radius 2 is 0.985 bits per heavy atom. The molecule has 2 saturated carbocycles. The Bertz CT molecular complexity index is 1050. The summed E-state index contributed by atoms with van der Waals surface area (Å²) in [6, 6.07) is 5.25. The van der Waals surface area contributed by atoms with Gasteiger partial charge >= 0.3 is 84.2 Å². The van der Waals surface area contributed by atoms with Crippen molar-refractivity contribution in [2.24, 2.45) is 39.4 Å². The zero-order valence-electron chi connectivity index (χ0n) is 47.0. The van der Waals surface area contributed by atoms with Gasteiger partial charge in [-0.3, -0.25) is 22.5 Å². The summed E-state index contributed by atoms with van der Waals surface area (Å²) in [5, 5.41) is 40.3. The Morgan fingerprint density at radius 1 is 0.758 bits per heavy atom. The number of rotatable bonds is 6. The van der Waals surface area contributed by atoms with E-state index in [-0.39, 0.29) is 147 Å². The molecular weight excluding hydrogens is 1010 g/mol. The van der Waals surface area contributed by atoms with Crippen LogP contribution < -0.4 is 47.7 Å². The van der Waals surface area contributed by atoms with E-state index >= 15 is 0 Å². The van der Waals surface area contributed by atoms with Crippen LogP contribution in [-0.2, 0) is 53.4 Å². The molecule has 0 aromatic carbocycles. The molecule has 0 amide bonds. The van der Waals surface area contributed by atoms with Gasteiger partial charge in [-0.05, 0) is 53.4 Å². The third-order valence-corrected chi connectivity index (χ3v) is 9.47. The van der Waals surface area contributed by atoms with Gasteiger partial charge < -0.3 is 43.7 Å². The number of aliphatic hydroxyl groups excluding tert-OH is 1. The van der Waals surface area contributed by atoms with Crippen LogP contribution in [0.15, 0.2) is 11.6 Å². The first-order chi connectivity index (χ1) is 25.8. The first-order valence-corrected chi connectivity index (χ1v) is 20.3. The molecule has 0 spiro atoms. The fourth-order valence-electron chi connectivity index (χ4n) is 4.51. The first kappa shape index (κ1) is 111. The molecular formula is C49H100BF4Li2N3O5Ru2-. The Hall–Kier alpha value is -0.504. The third kappa shape index (κ3) is 97.3. The van der Waals surface area contributed by atoms with Crippen molar-refractivity contribution >= 4 is 19.8 Å². The minimum absolute atomic E-state index is 0. The second kappa shape index (κ2) is 68.8. The first-order valence-electron chi connectivity index (χ1n) is 20.3. The number of nitrogens with zero attached hydrogens (tertiary/aromatic N) is 3. The summed E-state index contributed by atoms with van der Waals surface area (Å²) in [4.78, 5) is 22.9. The molecule has 0 bridgehead atoms. The molecule has 0 aromatic rings. The van der Waals surface area contributed by atoms with Crippen LogP contribution in [0.3, 0.4) is 0 Å². The molecule has 1 radical (unpaired) electrons. The molecule has 0 aliphatic heterocycles. The van der Waals surface area contributed by atoms with Crippen molar-refractivity contribution in [3.8, 4) is 18.2 Å². The van der Waals surface area contributed by atoms with Crippen LogP contribution in [0.5, 0.6) is 0 Å². The van der Waals surface area contributed by atoms with Gasteiger partial charge in [-0.15, -0.1) is 0 Å². The predicted molar refractivity (Wildman–Crippen MR) is 258 cm³/mol. The van der Waals surface area contributed by atoms with Gasteiger partial charge in [0.05, 0.1) is 24.3 Å². The van der Waals surface area contributed by atoms with Crippen LogP contribution in [0, 0.1) is 95.7 Å². The van der Waals surface area contributed by atoms with Crippen LogP contribution in [0.2, 0.25) is 0 Å². The Balaban J connectivity index is -0.0000000289. The monoisotopic (exact) mass is 1120 g/mol. The third-order valence-electron chi connectivity index (χ3n) is 9.47. The van der Waals surface area contributed by atoms with E-state index in [2.05, 4.69) is 88.0 Å². The van der Waals surface area contributed by atoms with Crippen molar-refractivity contribution in [2.75, 3.05) is 0 Å². The molecule has 17 heteroatoms. The largest absolute Gasteiger partial charge is 2.00 e. The Labute approximate surface area is 460 Å². The number of carbonyl (C=O) groups excluding carboxylic acids is 2. The van der Waals surface area contributed by atoms with Crippen LogP contribution >= 0.6 is 0 Å². The SMILES string of the molecule is C.C/C(=C\C(=O)C(C)(C)C)C(C)(C)C.CC#N.CC#N.CC#N.CC(CC(O)C(C)(C)C)C(C)(C)C.CCC1CCCC1.CCC1CCCC1.FB(F)F.O=CO[O-].[CH3-].[CH3-].[CH3-].[F-].[H-].[Li+].[Li+].[Ru+2].[Ru+]. The quantitative estimate of drug-likeness (QED) is 0.0623. The summed E-state index contributed by atoms with van der Waals surface area (Å²) < 4.78 is 29.0. The van der Waals surface area contributed by atoms with Crippen LogP contribution in [0.1, 0.15) is 211 Å². The number of aliphatic hydroxyl groups is 1. The van der Waals surface area contributed by atoms with Crippen molar-refractivity contribution in [2.45, 2.75) is 216 Å². The van der Waals surface area contributed by atoms with Crippen molar-refractivity contribution in [3.63, 3.8) is 0 Å². The van der Waals surface area contributed by atoms with Gasteiger partial charge in [0, 0.05) is 26.2 Å². The number of halogens is 4. The van der Waals surface area contributed by atoms with Crippen LogP contribution in [0.25, 0.3) is 0 Å². The topological polar surface area (TPSA) is 158 Å². The number of allylic oxidation sites excluding steroid dienone is 2. The molecule has 8 nitrogen and oxygen atoms in total. The van der Waals surface area contributed by atoms with Gasteiger partial charge in [0.2, 0.25) is 0 Å². The van der Waals surface area contributed by atoms with E-state index in [1.807, 2.05) is 27.7 Å². The Morgan fingerprint density at radius 3 is 1.11 bits per heavy atom. The van der Waals surface area contributed by atoms with E-state index in [0.29, 0.717) is 11.3 Å². The van der Waals surface area contributed by atoms with Crippen LogP contribution in [0.4, 0.5) is 12.9 Å². The van der Waals surface area contributed by atoms with E-state index < -0.39 is 7.54 Å². The summed E-state index contributed by atoms with van der Waals surface area (Å²) in [5.74, 6) is 2.96. The van der Waals surface area contributed by atoms with Crippen LogP contribution in [-0.4, -0.2) is 31.0 Å². The zero-order valence-corrected chi connectivity index (χ0v) is 49.4. The van der Waals surface area contributed by atoms with Crippen molar-refractivity contribution in [1.82, 2.24) is 0 Å². The maximum atomic E-state index is 11.6. The average Bonchev–Trinajstić information content (AvgIpc) is 3.80. The Kier molecular flexibility index (Phi) is 116. The second-order valence-electron chi connectivity index (χ2n) is 18.3. The van der Waals surface area contributed by atoms with E-state index in [9.17, 15) is 22.8 Å². The number of nitriles is 3. The minimum Gasteiger partial charge on any atom is -1.00 e. The van der Waals surface area contributed by atoms with Gasteiger partial charge in [-0.2, -0.15) is 15.8 Å². The molecule has 1 N–H and O–H groups in total. The van der Waals surface area contributed by atoms with Gasteiger partial charge in [0.1, 0.15) is 0 Å². The molecule has 2 rings (SSSR count). The molecule has 2 aliphatic rings. The maximum absolute atomic E-state index is 11.6. The van der Waals surface area contributed by atoms with Crippen molar-refractivity contribution < 1.29 is 121 Å². The van der Waals surface area contributed by atoms with Gasteiger partial charge in [-0.1, -0.05) is 181 Å². The molecule has 0 saturated heterocycles. The standard InChI is InChI=1S/C12H26O.C12H22O.2C7H14.3C2H3N.CH2O3.CH4.3CH3.BF3.FH.2Li.2Ru.H/c2*1-9(11(2,3)4)8-10(13)12(5,6)7;2*1-2-7-5-3-4-6-7;3*1-2-3;2-1-4-3;;;;;2-1(3)4;;;;;;/h9-10,13H,8H2,1-7H3;8H,1-7H3;2*7H,2-6H2,1H3;3*1H3;1,3H;1H4;3*1H3;;1H;;;;;/q;;;;;;;;;3*-1;;;3*+1;+2;-1/p-2/b;9-8+;;;;;;;;;;;;;;;;;. The summed E-state index contributed by atoms with van der Waals surface area (Å²) >= 11 is 0. The molecule has 2 aliphatic carbocycles. The normalized spacial score (nSPS) is 12.6. The maximum Gasteiger partial charge on any atom is 2.00 e. The molecule has 66 heavy (non-hydrogen) atoms. The fourth-order valence-corrected chi connectivity index (χ4v) is 4.51. The fraction of sp³-hybridized carbons (Fsp3) is 0.796. The zero-order chi connectivity index (χ0) is 47.1. The molecule has 2 atom stereocenters. The molecule has 2 unspecified atom stereocenters. The summed E-state index contributed by atoms with van der Waals surface area (Å²) in [7, 11) is -3.67. The number of carbonyl (C=O) groups is 2. The number of hydrogen-bond donors (Lipinski definition) is 1. The molecule has 391 valence electrons. The van der Waals surface area contributed by atoms with Crippen molar-refractivity contribution in [1.29, 1.82) is 15.8 Å². The van der Waals surface area contributed by atoms with E-state index in [1.54, 1.807) is 24.3 Å². The second-order valence-corrected chi connectivity index (χ2v) is 18.3. The van der Waals surface area contributed by atoms with Gasteiger partial charge in [0.15, 0.2) is 5.78 Å². The minimum atomic E-state index is -3.67. The average molecular weight is 1110 g/mol. The van der Waals surface area contributed by atoms with E-state index in [4.69, 9.17) is 25.8 Å². The van der Waals surface area contributed by atoms with Gasteiger partial charge in [-0.25, -0.2) is 0 Å².